The van der Waals surface area contributed by atoms with Crippen LogP contribution in [0.1, 0.15) is 41.6 Å². The van der Waals surface area contributed by atoms with Crippen LogP contribution >= 0.6 is 0 Å². The minimum atomic E-state index is -0.555. The summed E-state index contributed by atoms with van der Waals surface area (Å²) in [7, 11) is 1.51. The van der Waals surface area contributed by atoms with Gasteiger partial charge in [-0.05, 0) is 50.7 Å². The Labute approximate surface area is 172 Å². The van der Waals surface area contributed by atoms with Crippen LogP contribution in [0.5, 0.6) is 0 Å². The Morgan fingerprint density at radius 1 is 1.10 bits per heavy atom. The SMILES string of the molecule is COCC(=O)N1CCC([C@H](NC(=O)c2cccc(C)c2)C(=O)N2CCCC2)CC1. The largest absolute Gasteiger partial charge is 0.375 e. The van der Waals surface area contributed by atoms with Crippen molar-refractivity contribution < 1.29 is 19.1 Å². The van der Waals surface area contributed by atoms with Crippen LogP contribution in [-0.2, 0) is 14.3 Å². The lowest BCUT2D eigenvalue weighted by atomic mass is 9.88. The van der Waals surface area contributed by atoms with Crippen molar-refractivity contribution in [3.05, 3.63) is 35.4 Å². The van der Waals surface area contributed by atoms with Gasteiger partial charge >= 0.3 is 0 Å². The maximum atomic E-state index is 13.2. The van der Waals surface area contributed by atoms with Crippen molar-refractivity contribution in [2.24, 2.45) is 5.92 Å². The van der Waals surface area contributed by atoms with Gasteiger partial charge < -0.3 is 19.9 Å². The summed E-state index contributed by atoms with van der Waals surface area (Å²) in [5.74, 6) is -0.227. The molecule has 7 nitrogen and oxygen atoms in total. The van der Waals surface area contributed by atoms with Gasteiger partial charge in [0.05, 0.1) is 0 Å². The first-order valence-electron chi connectivity index (χ1n) is 10.4. The average Bonchev–Trinajstić information content (AvgIpc) is 3.26. The molecule has 0 radical (unpaired) electrons. The maximum absolute atomic E-state index is 13.2. The van der Waals surface area contributed by atoms with Crippen molar-refractivity contribution in [1.29, 1.82) is 0 Å². The molecule has 3 amide bonds. The molecule has 3 rings (SSSR count). The highest BCUT2D eigenvalue weighted by molar-refractivity contribution is 5.97. The number of carbonyl (C=O) groups excluding carboxylic acids is 3. The van der Waals surface area contributed by atoms with Crippen molar-refractivity contribution in [3.63, 3.8) is 0 Å². The summed E-state index contributed by atoms with van der Waals surface area (Å²) < 4.78 is 4.94. The van der Waals surface area contributed by atoms with E-state index in [-0.39, 0.29) is 30.2 Å². The molecule has 29 heavy (non-hydrogen) atoms. The third kappa shape index (κ3) is 5.35. The summed E-state index contributed by atoms with van der Waals surface area (Å²) in [6, 6.07) is 6.84. The molecule has 158 valence electrons. The van der Waals surface area contributed by atoms with Gasteiger partial charge in [-0.2, -0.15) is 0 Å². The third-order valence-electron chi connectivity index (χ3n) is 5.88. The van der Waals surface area contributed by atoms with E-state index >= 15 is 0 Å². The van der Waals surface area contributed by atoms with Gasteiger partial charge in [0.1, 0.15) is 12.6 Å². The Morgan fingerprint density at radius 2 is 1.79 bits per heavy atom. The molecule has 7 heteroatoms. The van der Waals surface area contributed by atoms with Gasteiger partial charge in [-0.25, -0.2) is 0 Å². The number of piperidine rings is 1. The standard InChI is InChI=1S/C22H31N3O4/c1-16-6-5-7-18(14-16)21(27)23-20(22(28)25-10-3-4-11-25)17-8-12-24(13-9-17)19(26)15-29-2/h5-7,14,17,20H,3-4,8-13,15H2,1-2H3,(H,23,27)/t20-/m0/s1. The third-order valence-corrected chi connectivity index (χ3v) is 5.88. The summed E-state index contributed by atoms with van der Waals surface area (Å²) in [6.45, 7) is 4.68. The fourth-order valence-corrected chi connectivity index (χ4v) is 4.22. The topological polar surface area (TPSA) is 79.0 Å². The van der Waals surface area contributed by atoms with Crippen LogP contribution in [0.25, 0.3) is 0 Å². The lowest BCUT2D eigenvalue weighted by Gasteiger charge is -2.37. The number of hydrogen-bond acceptors (Lipinski definition) is 4. The van der Waals surface area contributed by atoms with E-state index in [9.17, 15) is 14.4 Å². The minimum absolute atomic E-state index is 0.00479. The zero-order chi connectivity index (χ0) is 20.8. The predicted octanol–water partition coefficient (Wildman–Crippen LogP) is 1.60. The number of methoxy groups -OCH3 is 1. The number of benzene rings is 1. The van der Waals surface area contributed by atoms with Gasteiger partial charge in [0.15, 0.2) is 0 Å². The van der Waals surface area contributed by atoms with Crippen molar-refractivity contribution in [2.75, 3.05) is 39.9 Å². The number of carbonyl (C=O) groups is 3. The molecule has 1 aromatic rings. The highest BCUT2D eigenvalue weighted by atomic mass is 16.5. The second-order valence-corrected chi connectivity index (χ2v) is 8.00. The molecule has 1 aromatic carbocycles. The number of likely N-dealkylation sites (tertiary alicyclic amines) is 2. The highest BCUT2D eigenvalue weighted by Gasteiger charge is 2.36. The summed E-state index contributed by atoms with van der Waals surface area (Å²) in [5.41, 5.74) is 1.57. The number of hydrogen-bond donors (Lipinski definition) is 1. The minimum Gasteiger partial charge on any atom is -0.375 e. The van der Waals surface area contributed by atoms with E-state index in [0.29, 0.717) is 31.5 Å². The summed E-state index contributed by atoms with van der Waals surface area (Å²) in [5, 5.41) is 3.02. The molecule has 2 aliphatic heterocycles. The average molecular weight is 402 g/mol. The molecule has 1 N–H and O–H groups in total. The Morgan fingerprint density at radius 3 is 2.41 bits per heavy atom. The van der Waals surface area contributed by atoms with E-state index in [1.165, 1.54) is 7.11 Å². The van der Waals surface area contributed by atoms with Crippen LogP contribution in [0.2, 0.25) is 0 Å². The van der Waals surface area contributed by atoms with Crippen LogP contribution in [0.4, 0.5) is 0 Å². The zero-order valence-corrected chi connectivity index (χ0v) is 17.4. The first kappa shape index (κ1) is 21.3. The Balaban J connectivity index is 1.71. The van der Waals surface area contributed by atoms with Crippen LogP contribution < -0.4 is 5.32 Å². The first-order chi connectivity index (χ1) is 14.0. The van der Waals surface area contributed by atoms with Crippen molar-refractivity contribution in [3.8, 4) is 0 Å². The number of ether oxygens (including phenoxy) is 1. The van der Waals surface area contributed by atoms with E-state index in [4.69, 9.17) is 4.74 Å². The Bertz CT molecular complexity index is 737. The van der Waals surface area contributed by atoms with E-state index in [1.54, 1.807) is 11.0 Å². The fraction of sp³-hybridized carbons (Fsp3) is 0.591. The van der Waals surface area contributed by atoms with Crippen LogP contribution in [0, 0.1) is 12.8 Å². The van der Waals surface area contributed by atoms with Crippen LogP contribution in [0.15, 0.2) is 24.3 Å². The molecule has 2 heterocycles. The number of aryl methyl sites for hydroxylation is 1. The Hall–Kier alpha value is -2.41. The molecule has 0 unspecified atom stereocenters. The molecule has 0 aromatic heterocycles. The van der Waals surface area contributed by atoms with Gasteiger partial charge in [0, 0.05) is 38.9 Å². The van der Waals surface area contributed by atoms with Crippen molar-refractivity contribution in [2.45, 2.75) is 38.6 Å². The first-order valence-corrected chi connectivity index (χ1v) is 10.4. The molecule has 0 spiro atoms. The van der Waals surface area contributed by atoms with E-state index in [0.717, 1.165) is 31.5 Å². The van der Waals surface area contributed by atoms with Crippen LogP contribution in [0.3, 0.4) is 0 Å². The van der Waals surface area contributed by atoms with Gasteiger partial charge in [0.2, 0.25) is 11.8 Å². The van der Waals surface area contributed by atoms with E-state index < -0.39 is 6.04 Å². The molecule has 0 bridgehead atoms. The van der Waals surface area contributed by atoms with Crippen molar-refractivity contribution >= 4 is 17.7 Å². The monoisotopic (exact) mass is 401 g/mol. The Kier molecular flexibility index (Phi) is 7.25. The molecular weight excluding hydrogens is 370 g/mol. The summed E-state index contributed by atoms with van der Waals surface area (Å²) in [6.07, 6.45) is 3.39. The van der Waals surface area contributed by atoms with Crippen LogP contribution in [-0.4, -0.2) is 73.5 Å². The number of rotatable bonds is 6. The molecule has 2 saturated heterocycles. The quantitative estimate of drug-likeness (QED) is 0.785. The molecule has 2 aliphatic rings. The zero-order valence-electron chi connectivity index (χ0n) is 17.4. The summed E-state index contributed by atoms with van der Waals surface area (Å²) >= 11 is 0. The second kappa shape index (κ2) is 9.87. The number of nitrogens with one attached hydrogen (secondary N) is 1. The van der Waals surface area contributed by atoms with Crippen molar-refractivity contribution in [1.82, 2.24) is 15.1 Å². The number of nitrogens with zero attached hydrogens (tertiary/aromatic N) is 2. The van der Waals surface area contributed by atoms with Gasteiger partial charge in [-0.15, -0.1) is 0 Å². The maximum Gasteiger partial charge on any atom is 0.251 e. The highest BCUT2D eigenvalue weighted by Crippen LogP contribution is 2.24. The second-order valence-electron chi connectivity index (χ2n) is 8.00. The van der Waals surface area contributed by atoms with Gasteiger partial charge in [0.25, 0.3) is 5.91 Å². The van der Waals surface area contributed by atoms with E-state index in [1.807, 2.05) is 30.0 Å². The smallest absolute Gasteiger partial charge is 0.251 e. The molecule has 2 fully saturated rings. The normalized spacial score (nSPS) is 18.6. The predicted molar refractivity (Wildman–Crippen MR) is 109 cm³/mol. The fourth-order valence-electron chi connectivity index (χ4n) is 4.22. The van der Waals surface area contributed by atoms with Gasteiger partial charge in [-0.3, -0.25) is 14.4 Å². The molecular formula is C22H31N3O4. The molecule has 0 aliphatic carbocycles. The summed E-state index contributed by atoms with van der Waals surface area (Å²) in [4.78, 5) is 41.8. The number of amides is 3. The van der Waals surface area contributed by atoms with E-state index in [2.05, 4.69) is 5.32 Å². The molecule has 0 saturated carbocycles. The van der Waals surface area contributed by atoms with Gasteiger partial charge in [-0.1, -0.05) is 17.7 Å². The molecule has 1 atom stereocenters. The lowest BCUT2D eigenvalue weighted by Crippen LogP contribution is -2.54. The lowest BCUT2D eigenvalue weighted by molar-refractivity contribution is -0.137.